The zero-order chi connectivity index (χ0) is 20.2. The number of amides is 1. The van der Waals surface area contributed by atoms with Crippen molar-refractivity contribution in [2.75, 3.05) is 38.4 Å². The molecule has 1 aromatic carbocycles. The van der Waals surface area contributed by atoms with E-state index in [0.29, 0.717) is 35.0 Å². The van der Waals surface area contributed by atoms with E-state index in [4.69, 9.17) is 9.47 Å². The molecule has 0 fully saturated rings. The van der Waals surface area contributed by atoms with E-state index in [9.17, 15) is 13.2 Å². The lowest BCUT2D eigenvalue weighted by Gasteiger charge is -2.11. The van der Waals surface area contributed by atoms with Crippen LogP contribution in [0.3, 0.4) is 0 Å². The standard InChI is InChI=1S/C17H23N3O5S2/c1-11-15(26-17(19-11)20(2)27(5,22)23)16(21)18-9-8-12-6-7-13(24-3)14(10-12)25-4/h6-7,10H,8-9H2,1-5H3,(H,18,21). The van der Waals surface area contributed by atoms with Crippen molar-refractivity contribution >= 4 is 32.4 Å². The van der Waals surface area contributed by atoms with Gasteiger partial charge in [-0.25, -0.2) is 17.7 Å². The molecule has 0 spiro atoms. The number of nitrogens with one attached hydrogen (secondary N) is 1. The number of hydrogen-bond donors (Lipinski definition) is 1. The molecule has 2 rings (SSSR count). The quantitative estimate of drug-likeness (QED) is 0.709. The third-order valence-corrected chi connectivity index (χ3v) is 6.42. The van der Waals surface area contributed by atoms with E-state index in [0.717, 1.165) is 27.5 Å². The van der Waals surface area contributed by atoms with Crippen LogP contribution in [0.2, 0.25) is 0 Å². The van der Waals surface area contributed by atoms with Crippen LogP contribution in [0.1, 0.15) is 20.9 Å². The molecule has 0 radical (unpaired) electrons. The van der Waals surface area contributed by atoms with Gasteiger partial charge >= 0.3 is 0 Å². The van der Waals surface area contributed by atoms with Gasteiger partial charge in [0, 0.05) is 13.6 Å². The fourth-order valence-corrected chi connectivity index (χ4v) is 4.00. The van der Waals surface area contributed by atoms with Crippen LogP contribution < -0.4 is 19.1 Å². The zero-order valence-corrected chi connectivity index (χ0v) is 17.5. The number of ether oxygens (including phenoxy) is 2. The number of methoxy groups -OCH3 is 2. The molecule has 1 heterocycles. The van der Waals surface area contributed by atoms with Gasteiger partial charge in [0.25, 0.3) is 5.91 Å². The van der Waals surface area contributed by atoms with E-state index in [-0.39, 0.29) is 11.0 Å². The minimum atomic E-state index is -3.42. The molecular formula is C17H23N3O5S2. The Morgan fingerprint density at radius 2 is 1.93 bits per heavy atom. The first-order valence-electron chi connectivity index (χ1n) is 8.07. The molecule has 0 aliphatic carbocycles. The van der Waals surface area contributed by atoms with Gasteiger partial charge in [0.05, 0.1) is 26.2 Å². The van der Waals surface area contributed by atoms with Crippen LogP contribution in [0, 0.1) is 6.92 Å². The van der Waals surface area contributed by atoms with E-state index in [1.165, 1.54) is 7.05 Å². The first kappa shape index (κ1) is 21.0. The van der Waals surface area contributed by atoms with Gasteiger partial charge < -0.3 is 14.8 Å². The summed E-state index contributed by atoms with van der Waals surface area (Å²) in [7, 11) is 1.13. The highest BCUT2D eigenvalue weighted by Crippen LogP contribution is 2.28. The molecule has 10 heteroatoms. The molecule has 148 valence electrons. The van der Waals surface area contributed by atoms with Crippen molar-refractivity contribution in [1.82, 2.24) is 10.3 Å². The van der Waals surface area contributed by atoms with E-state index < -0.39 is 10.0 Å². The van der Waals surface area contributed by atoms with Gasteiger partial charge in [0.15, 0.2) is 16.6 Å². The number of aryl methyl sites for hydroxylation is 1. The van der Waals surface area contributed by atoms with E-state index >= 15 is 0 Å². The number of benzene rings is 1. The van der Waals surface area contributed by atoms with Gasteiger partial charge in [0.2, 0.25) is 10.0 Å². The maximum Gasteiger partial charge on any atom is 0.263 e. The number of nitrogens with zero attached hydrogens (tertiary/aromatic N) is 2. The lowest BCUT2D eigenvalue weighted by atomic mass is 10.1. The largest absolute Gasteiger partial charge is 0.493 e. The molecular weight excluding hydrogens is 390 g/mol. The summed E-state index contributed by atoms with van der Waals surface area (Å²) in [5.74, 6) is 1.000. The molecule has 27 heavy (non-hydrogen) atoms. The van der Waals surface area contributed by atoms with E-state index in [2.05, 4.69) is 10.3 Å². The summed E-state index contributed by atoms with van der Waals surface area (Å²) in [6, 6.07) is 5.59. The highest BCUT2D eigenvalue weighted by Gasteiger charge is 2.21. The number of carbonyl (C=O) groups excluding carboxylic acids is 1. The SMILES string of the molecule is COc1ccc(CCNC(=O)c2sc(N(C)S(C)(=O)=O)nc2C)cc1OC. The summed E-state index contributed by atoms with van der Waals surface area (Å²) in [4.78, 5) is 17.0. The molecule has 1 amide bonds. The van der Waals surface area contributed by atoms with E-state index in [1.807, 2.05) is 18.2 Å². The van der Waals surface area contributed by atoms with Gasteiger partial charge in [-0.2, -0.15) is 0 Å². The topological polar surface area (TPSA) is 97.8 Å². The maximum atomic E-state index is 12.4. The average molecular weight is 414 g/mol. The lowest BCUT2D eigenvalue weighted by Crippen LogP contribution is -2.25. The van der Waals surface area contributed by atoms with Crippen molar-refractivity contribution in [3.63, 3.8) is 0 Å². The highest BCUT2D eigenvalue weighted by atomic mass is 32.2. The Kier molecular flexibility index (Phi) is 6.66. The van der Waals surface area contributed by atoms with E-state index in [1.54, 1.807) is 21.1 Å². The molecule has 1 N–H and O–H groups in total. The van der Waals surface area contributed by atoms with Gasteiger partial charge in [-0.15, -0.1) is 0 Å². The number of thiazole rings is 1. The normalized spacial score (nSPS) is 11.1. The van der Waals surface area contributed by atoms with Crippen LogP contribution in [0.15, 0.2) is 18.2 Å². The number of aromatic nitrogens is 1. The Morgan fingerprint density at radius 1 is 1.26 bits per heavy atom. The minimum Gasteiger partial charge on any atom is -0.493 e. The van der Waals surface area contributed by atoms with Crippen molar-refractivity contribution < 1.29 is 22.7 Å². The number of hydrogen-bond acceptors (Lipinski definition) is 7. The molecule has 1 aromatic heterocycles. The van der Waals surface area contributed by atoms with Gasteiger partial charge in [-0.1, -0.05) is 17.4 Å². The summed E-state index contributed by atoms with van der Waals surface area (Å²) in [6.07, 6.45) is 1.70. The summed E-state index contributed by atoms with van der Waals surface area (Å²) in [5.41, 5.74) is 1.49. The monoisotopic (exact) mass is 413 g/mol. The Hall–Kier alpha value is -2.33. The average Bonchev–Trinajstić information content (AvgIpc) is 3.01. The van der Waals surface area contributed by atoms with Crippen molar-refractivity contribution in [3.8, 4) is 11.5 Å². The summed E-state index contributed by atoms with van der Waals surface area (Å²) in [6.45, 7) is 2.10. The molecule has 0 atom stereocenters. The predicted molar refractivity (Wildman–Crippen MR) is 106 cm³/mol. The van der Waals surface area contributed by atoms with Gasteiger partial charge in [-0.3, -0.25) is 4.79 Å². The molecule has 0 bridgehead atoms. The van der Waals surface area contributed by atoms with Crippen molar-refractivity contribution in [2.45, 2.75) is 13.3 Å². The smallest absolute Gasteiger partial charge is 0.263 e. The fraction of sp³-hybridized carbons (Fsp3) is 0.412. The molecule has 0 saturated heterocycles. The summed E-state index contributed by atoms with van der Waals surface area (Å²) >= 11 is 1.05. The second-order valence-electron chi connectivity index (χ2n) is 5.84. The molecule has 0 aliphatic rings. The van der Waals surface area contributed by atoms with Crippen LogP contribution >= 0.6 is 11.3 Å². The highest BCUT2D eigenvalue weighted by molar-refractivity contribution is 7.92. The zero-order valence-electron chi connectivity index (χ0n) is 15.9. The van der Waals surface area contributed by atoms with Crippen LogP contribution in [0.5, 0.6) is 11.5 Å². The summed E-state index contributed by atoms with van der Waals surface area (Å²) in [5, 5.41) is 3.10. The van der Waals surface area contributed by atoms with Crippen LogP contribution in [0.4, 0.5) is 5.13 Å². The van der Waals surface area contributed by atoms with Crippen LogP contribution in [-0.4, -0.2) is 53.4 Å². The second-order valence-corrected chi connectivity index (χ2v) is 8.83. The molecule has 8 nitrogen and oxygen atoms in total. The van der Waals surface area contributed by atoms with Crippen molar-refractivity contribution in [3.05, 3.63) is 34.3 Å². The Balaban J connectivity index is 2.01. The third kappa shape index (κ3) is 5.10. The number of rotatable bonds is 8. The molecule has 0 aliphatic heterocycles. The summed E-state index contributed by atoms with van der Waals surface area (Å²) < 4.78 is 34.8. The van der Waals surface area contributed by atoms with Crippen molar-refractivity contribution in [1.29, 1.82) is 0 Å². The van der Waals surface area contributed by atoms with Crippen LogP contribution in [0.25, 0.3) is 0 Å². The first-order valence-corrected chi connectivity index (χ1v) is 10.7. The Morgan fingerprint density at radius 3 is 2.52 bits per heavy atom. The Labute approximate surface area is 163 Å². The van der Waals surface area contributed by atoms with Crippen molar-refractivity contribution in [2.24, 2.45) is 0 Å². The molecule has 0 unspecified atom stereocenters. The van der Waals surface area contributed by atoms with Gasteiger partial charge in [0.1, 0.15) is 4.88 Å². The number of sulfonamides is 1. The fourth-order valence-electron chi connectivity index (χ4n) is 2.31. The lowest BCUT2D eigenvalue weighted by molar-refractivity contribution is 0.0957. The maximum absolute atomic E-state index is 12.4. The molecule has 0 saturated carbocycles. The first-order chi connectivity index (χ1) is 12.7. The molecule has 2 aromatic rings. The van der Waals surface area contributed by atoms with Crippen LogP contribution in [-0.2, 0) is 16.4 Å². The third-order valence-electron chi connectivity index (χ3n) is 3.91. The van der Waals surface area contributed by atoms with Gasteiger partial charge in [-0.05, 0) is 31.0 Å². The minimum absolute atomic E-state index is 0.264. The second kappa shape index (κ2) is 8.57. The predicted octanol–water partition coefficient (Wildman–Crippen LogP) is 1.84. The Bertz CT molecular complexity index is 925. The number of carbonyl (C=O) groups is 1. The number of anilines is 1.